The Hall–Kier alpha value is -2.10. The van der Waals surface area contributed by atoms with Gasteiger partial charge in [-0.25, -0.2) is 0 Å². The van der Waals surface area contributed by atoms with Crippen LogP contribution in [0.2, 0.25) is 0 Å². The summed E-state index contributed by atoms with van der Waals surface area (Å²) < 4.78 is 2.02. The minimum absolute atomic E-state index is 0.0621. The minimum Gasteiger partial charge on any atom is -0.350 e. The lowest BCUT2D eigenvalue weighted by Crippen LogP contribution is -2.28. The van der Waals surface area contributed by atoms with Gasteiger partial charge in [0.15, 0.2) is 0 Å². The monoisotopic (exact) mass is 242 g/mol. The van der Waals surface area contributed by atoms with Gasteiger partial charge in [0.2, 0.25) is 11.8 Å². The average Bonchev–Trinajstić information content (AvgIpc) is 2.86. The number of carbonyl (C=O) groups is 2. The molecule has 0 atom stereocenters. The lowest BCUT2D eigenvalue weighted by molar-refractivity contribution is -0.139. The van der Waals surface area contributed by atoms with Crippen molar-refractivity contribution in [1.82, 2.24) is 9.47 Å². The number of rotatable bonds is 2. The molecule has 0 saturated carbocycles. The maximum absolute atomic E-state index is 11.6. The van der Waals surface area contributed by atoms with Crippen molar-refractivity contribution in [2.75, 3.05) is 0 Å². The fraction of sp³-hybridized carbons (Fsp3) is 0.286. The van der Waals surface area contributed by atoms with E-state index in [1.54, 1.807) is 0 Å². The van der Waals surface area contributed by atoms with Crippen LogP contribution in [-0.2, 0) is 23.2 Å². The molecule has 0 aliphatic carbocycles. The molecular formula is C14H14N2O2. The van der Waals surface area contributed by atoms with Gasteiger partial charge in [-0.05, 0) is 11.6 Å². The van der Waals surface area contributed by atoms with Crippen molar-refractivity contribution in [1.29, 1.82) is 0 Å². The van der Waals surface area contributed by atoms with Gasteiger partial charge in [0.05, 0.1) is 6.54 Å². The molecule has 92 valence electrons. The Balaban J connectivity index is 2.00. The molecule has 0 radical (unpaired) electrons. The number of carbonyl (C=O) groups excluding carboxylic acids is 2. The lowest BCUT2D eigenvalue weighted by Gasteiger charge is -2.12. The van der Waals surface area contributed by atoms with E-state index >= 15 is 0 Å². The van der Waals surface area contributed by atoms with Gasteiger partial charge in [-0.15, -0.1) is 0 Å². The summed E-state index contributed by atoms with van der Waals surface area (Å²) in [5, 5.41) is 1.10. The molecule has 2 aromatic rings. The van der Waals surface area contributed by atoms with E-state index in [9.17, 15) is 9.59 Å². The van der Waals surface area contributed by atoms with Crippen LogP contribution in [0.4, 0.5) is 0 Å². The van der Waals surface area contributed by atoms with Crippen molar-refractivity contribution in [3.8, 4) is 0 Å². The van der Waals surface area contributed by atoms with Crippen LogP contribution in [0.3, 0.4) is 0 Å². The fourth-order valence-corrected chi connectivity index (χ4v) is 2.52. The van der Waals surface area contributed by atoms with Crippen LogP contribution in [0, 0.1) is 0 Å². The molecule has 0 spiro atoms. The SMILES string of the molecule is Cn1cc(CN2C(=O)CCC2=O)c2ccccc21. The molecule has 1 aromatic heterocycles. The van der Waals surface area contributed by atoms with E-state index in [0.29, 0.717) is 19.4 Å². The first kappa shape index (κ1) is 11.0. The van der Waals surface area contributed by atoms with E-state index in [1.807, 2.05) is 42.1 Å². The van der Waals surface area contributed by atoms with E-state index in [1.165, 1.54) is 4.90 Å². The Morgan fingerprint density at radius 1 is 1.11 bits per heavy atom. The first-order valence-electron chi connectivity index (χ1n) is 6.03. The topological polar surface area (TPSA) is 42.3 Å². The first-order valence-corrected chi connectivity index (χ1v) is 6.03. The standard InChI is InChI=1S/C14H14N2O2/c1-15-8-10(11-4-2-3-5-12(11)15)9-16-13(17)6-7-14(16)18/h2-5,8H,6-7,9H2,1H3. The Morgan fingerprint density at radius 3 is 2.50 bits per heavy atom. The number of nitrogens with zero attached hydrogens (tertiary/aromatic N) is 2. The van der Waals surface area contributed by atoms with E-state index in [2.05, 4.69) is 0 Å². The fourth-order valence-electron chi connectivity index (χ4n) is 2.52. The highest BCUT2D eigenvalue weighted by Gasteiger charge is 2.29. The highest BCUT2D eigenvalue weighted by atomic mass is 16.2. The Morgan fingerprint density at radius 2 is 1.78 bits per heavy atom. The number of fused-ring (bicyclic) bond motifs is 1. The molecule has 18 heavy (non-hydrogen) atoms. The summed E-state index contributed by atoms with van der Waals surface area (Å²) in [5.74, 6) is -0.124. The largest absolute Gasteiger partial charge is 0.350 e. The molecule has 1 aromatic carbocycles. The normalized spacial score (nSPS) is 15.9. The van der Waals surface area contributed by atoms with Crippen LogP contribution in [0.25, 0.3) is 10.9 Å². The third-order valence-corrected chi connectivity index (χ3v) is 3.46. The Bertz CT molecular complexity index is 626. The Labute approximate surface area is 105 Å². The molecule has 1 fully saturated rings. The molecule has 1 saturated heterocycles. The van der Waals surface area contributed by atoms with Crippen LogP contribution in [0.1, 0.15) is 18.4 Å². The molecule has 1 aliphatic rings. The molecule has 4 nitrogen and oxygen atoms in total. The van der Waals surface area contributed by atoms with Crippen molar-refractivity contribution >= 4 is 22.7 Å². The van der Waals surface area contributed by atoms with Gasteiger partial charge in [0.1, 0.15) is 0 Å². The second-order valence-electron chi connectivity index (χ2n) is 4.66. The third-order valence-electron chi connectivity index (χ3n) is 3.46. The van der Waals surface area contributed by atoms with E-state index in [4.69, 9.17) is 0 Å². The molecular weight excluding hydrogens is 228 g/mol. The zero-order chi connectivity index (χ0) is 12.7. The van der Waals surface area contributed by atoms with Gasteiger partial charge in [-0.1, -0.05) is 18.2 Å². The summed E-state index contributed by atoms with van der Waals surface area (Å²) >= 11 is 0. The molecule has 0 unspecified atom stereocenters. The summed E-state index contributed by atoms with van der Waals surface area (Å²) in [4.78, 5) is 24.6. The summed E-state index contributed by atoms with van der Waals surface area (Å²) in [5.41, 5.74) is 2.14. The number of para-hydroxylation sites is 1. The van der Waals surface area contributed by atoms with Crippen LogP contribution < -0.4 is 0 Å². The first-order chi connectivity index (χ1) is 8.66. The van der Waals surface area contributed by atoms with Gasteiger partial charge in [0.25, 0.3) is 0 Å². The predicted molar refractivity (Wildman–Crippen MR) is 67.7 cm³/mol. The minimum atomic E-state index is -0.0621. The second-order valence-corrected chi connectivity index (χ2v) is 4.66. The van der Waals surface area contributed by atoms with Crippen LogP contribution in [0.5, 0.6) is 0 Å². The zero-order valence-electron chi connectivity index (χ0n) is 10.2. The van der Waals surface area contributed by atoms with E-state index in [0.717, 1.165) is 16.5 Å². The molecule has 3 rings (SSSR count). The van der Waals surface area contributed by atoms with Crippen molar-refractivity contribution in [2.45, 2.75) is 19.4 Å². The second kappa shape index (κ2) is 3.98. The number of likely N-dealkylation sites (tertiary alicyclic amines) is 1. The number of aryl methyl sites for hydroxylation is 1. The molecule has 2 heterocycles. The maximum atomic E-state index is 11.6. The van der Waals surface area contributed by atoms with Crippen molar-refractivity contribution < 1.29 is 9.59 Å². The molecule has 2 amide bonds. The van der Waals surface area contributed by atoms with E-state index in [-0.39, 0.29) is 11.8 Å². The van der Waals surface area contributed by atoms with Crippen molar-refractivity contribution in [3.63, 3.8) is 0 Å². The highest BCUT2D eigenvalue weighted by molar-refractivity contribution is 6.02. The number of hydrogen-bond donors (Lipinski definition) is 0. The van der Waals surface area contributed by atoms with E-state index < -0.39 is 0 Å². The molecule has 4 heteroatoms. The van der Waals surface area contributed by atoms with Gasteiger partial charge < -0.3 is 4.57 Å². The predicted octanol–water partition coefficient (Wildman–Crippen LogP) is 1.83. The maximum Gasteiger partial charge on any atom is 0.229 e. The van der Waals surface area contributed by atoms with Gasteiger partial charge in [-0.3, -0.25) is 14.5 Å². The molecule has 1 aliphatic heterocycles. The Kier molecular flexibility index (Phi) is 2.44. The number of benzene rings is 1. The quantitative estimate of drug-likeness (QED) is 0.754. The van der Waals surface area contributed by atoms with Crippen molar-refractivity contribution in [2.24, 2.45) is 7.05 Å². The van der Waals surface area contributed by atoms with Crippen LogP contribution >= 0.6 is 0 Å². The summed E-state index contributed by atoms with van der Waals surface area (Å²) in [6, 6.07) is 8.01. The van der Waals surface area contributed by atoms with Gasteiger partial charge in [0, 0.05) is 37.0 Å². The number of aromatic nitrogens is 1. The highest BCUT2D eigenvalue weighted by Crippen LogP contribution is 2.24. The van der Waals surface area contributed by atoms with Crippen LogP contribution in [-0.4, -0.2) is 21.3 Å². The molecule has 0 N–H and O–H groups in total. The number of hydrogen-bond acceptors (Lipinski definition) is 2. The summed E-state index contributed by atoms with van der Waals surface area (Å²) in [7, 11) is 1.97. The van der Waals surface area contributed by atoms with Gasteiger partial charge in [-0.2, -0.15) is 0 Å². The lowest BCUT2D eigenvalue weighted by atomic mass is 10.1. The third kappa shape index (κ3) is 1.61. The van der Waals surface area contributed by atoms with Crippen LogP contribution in [0.15, 0.2) is 30.5 Å². The zero-order valence-corrected chi connectivity index (χ0v) is 10.2. The number of imide groups is 1. The van der Waals surface area contributed by atoms with Gasteiger partial charge >= 0.3 is 0 Å². The molecule has 0 bridgehead atoms. The number of amides is 2. The smallest absolute Gasteiger partial charge is 0.229 e. The average molecular weight is 242 g/mol. The summed E-state index contributed by atoms with van der Waals surface area (Å²) in [6.07, 6.45) is 2.69. The summed E-state index contributed by atoms with van der Waals surface area (Å²) in [6.45, 7) is 0.388. The van der Waals surface area contributed by atoms with Crippen molar-refractivity contribution in [3.05, 3.63) is 36.0 Å².